The molecule has 0 saturated heterocycles. The summed E-state index contributed by atoms with van der Waals surface area (Å²) in [6.07, 6.45) is 6.93. The maximum Gasteiger partial charge on any atom is 0.248 e. The molecular weight excluding hydrogens is 481 g/mol. The van der Waals surface area contributed by atoms with Crippen molar-refractivity contribution in [2.24, 2.45) is 0 Å². The highest BCUT2D eigenvalue weighted by molar-refractivity contribution is 6.03. The summed E-state index contributed by atoms with van der Waals surface area (Å²) in [4.78, 5) is 32.7. The number of aromatic nitrogens is 1. The summed E-state index contributed by atoms with van der Waals surface area (Å²) in [5.74, 6) is -0.514. The number of H-pyrrole nitrogens is 1. The van der Waals surface area contributed by atoms with Gasteiger partial charge in [-0.15, -0.1) is 0 Å². The van der Waals surface area contributed by atoms with Crippen LogP contribution in [0, 0.1) is 5.82 Å². The second kappa shape index (κ2) is 11.5. The first kappa shape index (κ1) is 25.5. The van der Waals surface area contributed by atoms with Gasteiger partial charge in [-0.25, -0.2) is 4.39 Å². The predicted octanol–water partition coefficient (Wildman–Crippen LogP) is 6.08. The number of hydrogen-bond donors (Lipinski definition) is 2. The average molecular weight is 514 g/mol. The standard InChI is InChI=1S/C31H32FN3O3/c1-38-26-14-7-9-21(17-26)30(31(37)34-24-11-3-2-4-12-24)35(25-13-8-10-23(32)19-25)29(36)18-22-20-33-28-16-6-5-15-27(22)28/h5-10,13-17,19-20,24,30,33H,2-4,11-12,18H2,1H3,(H,34,37)/t30-/m1/s1. The first-order chi connectivity index (χ1) is 18.5. The van der Waals surface area contributed by atoms with Crippen molar-refractivity contribution in [3.63, 3.8) is 0 Å². The van der Waals surface area contributed by atoms with Crippen molar-refractivity contribution in [1.29, 1.82) is 0 Å². The van der Waals surface area contributed by atoms with Crippen LogP contribution < -0.4 is 15.0 Å². The van der Waals surface area contributed by atoms with Crippen molar-refractivity contribution in [3.8, 4) is 5.75 Å². The molecule has 1 saturated carbocycles. The molecule has 2 amide bonds. The van der Waals surface area contributed by atoms with Gasteiger partial charge in [0.2, 0.25) is 11.8 Å². The van der Waals surface area contributed by atoms with Gasteiger partial charge in [0.05, 0.1) is 13.5 Å². The van der Waals surface area contributed by atoms with E-state index in [1.54, 1.807) is 43.5 Å². The number of para-hydroxylation sites is 1. The number of carbonyl (C=O) groups excluding carboxylic acids is 2. The second-order valence-corrected chi connectivity index (χ2v) is 9.80. The average Bonchev–Trinajstić information content (AvgIpc) is 3.34. The number of halogens is 1. The summed E-state index contributed by atoms with van der Waals surface area (Å²) >= 11 is 0. The van der Waals surface area contributed by atoms with Gasteiger partial charge in [0.25, 0.3) is 0 Å². The molecule has 0 radical (unpaired) electrons. The molecule has 6 nitrogen and oxygen atoms in total. The van der Waals surface area contributed by atoms with Crippen LogP contribution in [0.2, 0.25) is 0 Å². The zero-order chi connectivity index (χ0) is 26.5. The minimum Gasteiger partial charge on any atom is -0.497 e. The fourth-order valence-corrected chi connectivity index (χ4v) is 5.35. The predicted molar refractivity (Wildman–Crippen MR) is 147 cm³/mol. The number of methoxy groups -OCH3 is 1. The van der Waals surface area contributed by atoms with Crippen molar-refractivity contribution in [2.75, 3.05) is 12.0 Å². The molecule has 0 aliphatic heterocycles. The fourth-order valence-electron chi connectivity index (χ4n) is 5.35. The van der Waals surface area contributed by atoms with E-state index in [0.29, 0.717) is 17.0 Å². The van der Waals surface area contributed by atoms with Crippen LogP contribution in [0.3, 0.4) is 0 Å². The number of carbonyl (C=O) groups is 2. The van der Waals surface area contributed by atoms with Crippen molar-refractivity contribution in [3.05, 3.63) is 95.9 Å². The third-order valence-electron chi connectivity index (χ3n) is 7.24. The normalized spacial score (nSPS) is 14.7. The molecule has 0 spiro atoms. The lowest BCUT2D eigenvalue weighted by Gasteiger charge is -2.33. The second-order valence-electron chi connectivity index (χ2n) is 9.80. The van der Waals surface area contributed by atoms with Gasteiger partial charge >= 0.3 is 0 Å². The highest BCUT2D eigenvalue weighted by Gasteiger charge is 2.34. The van der Waals surface area contributed by atoms with E-state index < -0.39 is 11.9 Å². The Labute approximate surface area is 221 Å². The molecule has 0 bridgehead atoms. The van der Waals surface area contributed by atoms with Gasteiger partial charge in [0.15, 0.2) is 0 Å². The first-order valence-electron chi connectivity index (χ1n) is 13.1. The van der Waals surface area contributed by atoms with Crippen molar-refractivity contribution in [1.82, 2.24) is 10.3 Å². The van der Waals surface area contributed by atoms with Crippen molar-refractivity contribution in [2.45, 2.75) is 50.6 Å². The largest absolute Gasteiger partial charge is 0.497 e. The molecule has 1 atom stereocenters. The van der Waals surface area contributed by atoms with Crippen LogP contribution in [0.1, 0.15) is 49.3 Å². The maximum absolute atomic E-state index is 14.5. The maximum atomic E-state index is 14.5. The number of aromatic amines is 1. The molecule has 1 aromatic heterocycles. The molecular formula is C31H32FN3O3. The molecule has 5 rings (SSSR count). The van der Waals surface area contributed by atoms with Gasteiger partial charge in [0.1, 0.15) is 17.6 Å². The van der Waals surface area contributed by atoms with Gasteiger partial charge in [-0.1, -0.05) is 55.7 Å². The van der Waals surface area contributed by atoms with E-state index in [1.165, 1.54) is 17.0 Å². The molecule has 1 aliphatic carbocycles. The molecule has 3 aromatic carbocycles. The number of amides is 2. The van der Waals surface area contributed by atoms with Crippen LogP contribution in [0.4, 0.5) is 10.1 Å². The van der Waals surface area contributed by atoms with E-state index in [1.807, 2.05) is 30.5 Å². The minimum absolute atomic E-state index is 0.0394. The van der Waals surface area contributed by atoms with Gasteiger partial charge in [0, 0.05) is 28.8 Å². The molecule has 1 aliphatic rings. The third kappa shape index (κ3) is 5.57. The van der Waals surface area contributed by atoms with E-state index in [4.69, 9.17) is 4.74 Å². The molecule has 1 fully saturated rings. The summed E-state index contributed by atoms with van der Waals surface area (Å²) in [5, 5.41) is 4.12. The van der Waals surface area contributed by atoms with E-state index in [2.05, 4.69) is 10.3 Å². The van der Waals surface area contributed by atoms with E-state index in [9.17, 15) is 14.0 Å². The van der Waals surface area contributed by atoms with Gasteiger partial charge in [-0.05, 0) is 60.4 Å². The molecule has 7 heteroatoms. The quantitative estimate of drug-likeness (QED) is 0.300. The van der Waals surface area contributed by atoms with Gasteiger partial charge < -0.3 is 15.0 Å². The monoisotopic (exact) mass is 513 g/mol. The molecule has 2 N–H and O–H groups in total. The topological polar surface area (TPSA) is 74.4 Å². The number of ether oxygens (including phenoxy) is 1. The van der Waals surface area contributed by atoms with Crippen LogP contribution >= 0.6 is 0 Å². The Kier molecular flexibility index (Phi) is 7.73. The Balaban J connectivity index is 1.57. The Morgan fingerprint density at radius 2 is 1.82 bits per heavy atom. The molecule has 196 valence electrons. The van der Waals surface area contributed by atoms with E-state index >= 15 is 0 Å². The summed E-state index contributed by atoms with van der Waals surface area (Å²) in [6.45, 7) is 0. The van der Waals surface area contributed by atoms with Gasteiger partial charge in [-0.3, -0.25) is 14.5 Å². The number of anilines is 1. The SMILES string of the molecule is COc1cccc([C@H](C(=O)NC2CCCCC2)N(C(=O)Cc2c[nH]c3ccccc23)c2cccc(F)c2)c1. The fraction of sp³-hybridized carbons (Fsp3) is 0.290. The molecule has 38 heavy (non-hydrogen) atoms. The Morgan fingerprint density at radius 3 is 2.61 bits per heavy atom. The number of benzene rings is 3. The van der Waals surface area contributed by atoms with E-state index in [0.717, 1.165) is 48.6 Å². The van der Waals surface area contributed by atoms with E-state index in [-0.39, 0.29) is 24.3 Å². The summed E-state index contributed by atoms with van der Waals surface area (Å²) in [5.41, 5.74) is 2.65. The molecule has 1 heterocycles. The number of fused-ring (bicyclic) bond motifs is 1. The van der Waals surface area contributed by atoms with Crippen LogP contribution in [-0.2, 0) is 16.0 Å². The number of nitrogens with one attached hydrogen (secondary N) is 2. The highest BCUT2D eigenvalue weighted by atomic mass is 19.1. The lowest BCUT2D eigenvalue weighted by molar-refractivity contribution is -0.127. The molecule has 0 unspecified atom stereocenters. The van der Waals surface area contributed by atoms with Crippen molar-refractivity contribution >= 4 is 28.4 Å². The smallest absolute Gasteiger partial charge is 0.248 e. The van der Waals surface area contributed by atoms with Crippen LogP contribution in [0.15, 0.2) is 79.0 Å². The lowest BCUT2D eigenvalue weighted by atomic mass is 9.94. The highest BCUT2D eigenvalue weighted by Crippen LogP contribution is 2.32. The van der Waals surface area contributed by atoms with Crippen molar-refractivity contribution < 1.29 is 18.7 Å². The Hall–Kier alpha value is -4.13. The number of nitrogens with zero attached hydrogens (tertiary/aromatic N) is 1. The van der Waals surface area contributed by atoms with Crippen LogP contribution in [0.5, 0.6) is 5.75 Å². The zero-order valence-electron chi connectivity index (χ0n) is 21.5. The third-order valence-corrected chi connectivity index (χ3v) is 7.24. The van der Waals surface area contributed by atoms with Crippen LogP contribution in [0.25, 0.3) is 10.9 Å². The summed E-state index contributed by atoms with van der Waals surface area (Å²) < 4.78 is 19.9. The van der Waals surface area contributed by atoms with Gasteiger partial charge in [-0.2, -0.15) is 0 Å². The Morgan fingerprint density at radius 1 is 1.03 bits per heavy atom. The number of rotatable bonds is 8. The zero-order valence-corrected chi connectivity index (χ0v) is 21.5. The van der Waals surface area contributed by atoms with Crippen LogP contribution in [-0.4, -0.2) is 29.9 Å². The molecule has 4 aromatic rings. The lowest BCUT2D eigenvalue weighted by Crippen LogP contribution is -2.47. The minimum atomic E-state index is -1.01. The first-order valence-corrected chi connectivity index (χ1v) is 13.1. The number of hydrogen-bond acceptors (Lipinski definition) is 3. The summed E-state index contributed by atoms with van der Waals surface area (Å²) in [7, 11) is 1.56. The summed E-state index contributed by atoms with van der Waals surface area (Å²) in [6, 6.07) is 19.8. The Bertz CT molecular complexity index is 1430.